The molecule has 0 atom stereocenters. The molecule has 1 N–H and O–H groups in total. The van der Waals surface area contributed by atoms with Crippen LogP contribution in [-0.4, -0.2) is 5.11 Å². The molecule has 0 amide bonds. The molecule has 0 spiro atoms. The van der Waals surface area contributed by atoms with Crippen molar-refractivity contribution in [1.29, 1.82) is 0 Å². The van der Waals surface area contributed by atoms with Gasteiger partial charge in [0.25, 0.3) is 0 Å². The lowest BCUT2D eigenvalue weighted by atomic mass is 10.1. The van der Waals surface area contributed by atoms with Crippen LogP contribution < -0.4 is 0 Å². The van der Waals surface area contributed by atoms with Gasteiger partial charge in [0.15, 0.2) is 0 Å². The molecule has 0 heterocycles. The molecule has 0 bridgehead atoms. The first-order chi connectivity index (χ1) is 9.41. The Kier molecular flexibility index (Phi) is 16.6. The smallest absolute Gasteiger partial charge is 0.0751 e. The average molecular weight is 266 g/mol. The summed E-state index contributed by atoms with van der Waals surface area (Å²) < 4.78 is 0. The van der Waals surface area contributed by atoms with Gasteiger partial charge < -0.3 is 5.11 Å². The number of aliphatic hydroxyl groups excluding tert-OH is 1. The summed E-state index contributed by atoms with van der Waals surface area (Å²) in [5.74, 6) is 0. The molecule has 0 fully saturated rings. The molecule has 1 nitrogen and oxygen atoms in total. The Morgan fingerprint density at radius 2 is 1.00 bits per heavy atom. The minimum Gasteiger partial charge on any atom is -0.516 e. The van der Waals surface area contributed by atoms with Crippen LogP contribution in [0, 0.1) is 0 Å². The highest BCUT2D eigenvalue weighted by Gasteiger charge is 1.89. The number of allylic oxidation sites excluding steroid dienone is 3. The molecule has 1 heteroatoms. The van der Waals surface area contributed by atoms with Crippen LogP contribution in [0.5, 0.6) is 0 Å². The van der Waals surface area contributed by atoms with Crippen molar-refractivity contribution in [2.45, 2.75) is 90.4 Å². The average Bonchev–Trinajstić information content (AvgIpc) is 2.43. The van der Waals surface area contributed by atoms with Crippen LogP contribution in [0.4, 0.5) is 0 Å². The molecule has 0 rings (SSSR count). The van der Waals surface area contributed by atoms with Gasteiger partial charge in [-0.15, -0.1) is 0 Å². The molecule has 0 saturated carbocycles. The van der Waals surface area contributed by atoms with Gasteiger partial charge in [0.2, 0.25) is 0 Å². The van der Waals surface area contributed by atoms with Gasteiger partial charge in [-0.25, -0.2) is 0 Å². The minimum absolute atomic E-state index is 1.02. The van der Waals surface area contributed by atoms with Crippen molar-refractivity contribution in [3.8, 4) is 0 Å². The molecule has 0 unspecified atom stereocenters. The number of hydrogen-bond donors (Lipinski definition) is 1. The minimum atomic E-state index is 1.02. The fraction of sp³-hybridized carbons (Fsp3) is 0.778. The van der Waals surface area contributed by atoms with E-state index in [-0.39, 0.29) is 0 Å². The molecule has 112 valence electrons. The molecule has 0 aromatic heterocycles. The molecule has 0 saturated heterocycles. The Morgan fingerprint density at radius 1 is 0.579 bits per heavy atom. The van der Waals surface area contributed by atoms with E-state index in [2.05, 4.69) is 19.1 Å². The molecule has 0 aliphatic carbocycles. The van der Waals surface area contributed by atoms with Crippen molar-refractivity contribution in [3.63, 3.8) is 0 Å². The van der Waals surface area contributed by atoms with Crippen LogP contribution in [0.25, 0.3) is 0 Å². The monoisotopic (exact) mass is 266 g/mol. The lowest BCUT2D eigenvalue weighted by molar-refractivity contribution is 0.469. The Hall–Kier alpha value is -0.720. The van der Waals surface area contributed by atoms with Gasteiger partial charge >= 0.3 is 0 Å². The second-order valence-corrected chi connectivity index (χ2v) is 5.40. The molecule has 0 radical (unpaired) electrons. The van der Waals surface area contributed by atoms with Gasteiger partial charge in [-0.05, 0) is 38.5 Å². The van der Waals surface area contributed by atoms with E-state index < -0.39 is 0 Å². The van der Waals surface area contributed by atoms with Crippen LogP contribution in [-0.2, 0) is 0 Å². The van der Waals surface area contributed by atoms with E-state index in [1.807, 2.05) is 6.08 Å². The predicted octanol–water partition coefficient (Wildman–Crippen LogP) is 6.71. The maximum absolute atomic E-state index is 8.48. The molecule has 0 aliphatic rings. The number of rotatable bonds is 14. The quantitative estimate of drug-likeness (QED) is 0.210. The zero-order chi connectivity index (χ0) is 14.0. The third-order valence-corrected chi connectivity index (χ3v) is 3.49. The van der Waals surface area contributed by atoms with Crippen molar-refractivity contribution in [2.75, 3.05) is 0 Å². The van der Waals surface area contributed by atoms with E-state index in [4.69, 9.17) is 5.11 Å². The van der Waals surface area contributed by atoms with Crippen LogP contribution >= 0.6 is 0 Å². The van der Waals surface area contributed by atoms with Gasteiger partial charge in [0, 0.05) is 0 Å². The second-order valence-electron chi connectivity index (χ2n) is 5.40. The first-order valence-electron chi connectivity index (χ1n) is 8.36. The number of aliphatic hydroxyl groups is 1. The fourth-order valence-corrected chi connectivity index (χ4v) is 2.23. The molecular formula is C18H34O. The third kappa shape index (κ3) is 17.3. The van der Waals surface area contributed by atoms with E-state index in [9.17, 15) is 0 Å². The summed E-state index contributed by atoms with van der Waals surface area (Å²) in [6.45, 7) is 2.27. The number of unbranched alkanes of at least 4 members (excludes halogenated alkanes) is 11. The summed E-state index contributed by atoms with van der Waals surface area (Å²) in [6.07, 6.45) is 24.7. The van der Waals surface area contributed by atoms with Crippen LogP contribution in [0.1, 0.15) is 90.4 Å². The Morgan fingerprint density at radius 3 is 1.47 bits per heavy atom. The van der Waals surface area contributed by atoms with Gasteiger partial charge in [-0.3, -0.25) is 0 Å². The van der Waals surface area contributed by atoms with Crippen molar-refractivity contribution >= 4 is 0 Å². The summed E-state index contributed by atoms with van der Waals surface area (Å²) in [6, 6.07) is 0. The van der Waals surface area contributed by atoms with Crippen molar-refractivity contribution in [1.82, 2.24) is 0 Å². The third-order valence-electron chi connectivity index (χ3n) is 3.49. The summed E-state index contributed by atoms with van der Waals surface area (Å²) in [5.41, 5.74) is 0. The maximum atomic E-state index is 8.48. The van der Waals surface area contributed by atoms with E-state index in [0.717, 1.165) is 12.7 Å². The zero-order valence-electron chi connectivity index (χ0n) is 12.9. The van der Waals surface area contributed by atoms with E-state index in [0.29, 0.717) is 0 Å². The molecule has 0 aromatic carbocycles. The zero-order valence-corrected chi connectivity index (χ0v) is 12.9. The maximum Gasteiger partial charge on any atom is 0.0751 e. The largest absolute Gasteiger partial charge is 0.516 e. The topological polar surface area (TPSA) is 20.2 Å². The van der Waals surface area contributed by atoms with Crippen molar-refractivity contribution in [2.24, 2.45) is 0 Å². The van der Waals surface area contributed by atoms with Gasteiger partial charge in [-0.2, -0.15) is 0 Å². The van der Waals surface area contributed by atoms with Gasteiger partial charge in [-0.1, -0.05) is 70.1 Å². The summed E-state index contributed by atoms with van der Waals surface area (Å²) >= 11 is 0. The SMILES string of the molecule is CCCCCCCCC=CCCCCCCC=CO. The molecule has 0 aliphatic heterocycles. The summed E-state index contributed by atoms with van der Waals surface area (Å²) in [4.78, 5) is 0. The Balaban J connectivity index is 3.05. The van der Waals surface area contributed by atoms with Gasteiger partial charge in [0.1, 0.15) is 0 Å². The normalized spacial score (nSPS) is 11.8. The highest BCUT2D eigenvalue weighted by Crippen LogP contribution is 2.09. The first-order valence-corrected chi connectivity index (χ1v) is 8.36. The fourth-order valence-electron chi connectivity index (χ4n) is 2.23. The molecule has 0 aromatic rings. The molecular weight excluding hydrogens is 232 g/mol. The Bertz CT molecular complexity index is 206. The van der Waals surface area contributed by atoms with E-state index in [1.165, 1.54) is 77.0 Å². The van der Waals surface area contributed by atoms with Crippen molar-refractivity contribution in [3.05, 3.63) is 24.5 Å². The highest BCUT2D eigenvalue weighted by atomic mass is 16.2. The first kappa shape index (κ1) is 18.3. The highest BCUT2D eigenvalue weighted by molar-refractivity contribution is 4.81. The standard InChI is InChI=1S/C18H34O/c1-2-3-4-5-6-7-8-9-10-11-12-13-14-15-16-17-18-19/h9-10,17-19H,2-8,11-16H2,1H3. The van der Waals surface area contributed by atoms with E-state index >= 15 is 0 Å². The molecule has 19 heavy (non-hydrogen) atoms. The van der Waals surface area contributed by atoms with Gasteiger partial charge in [0.05, 0.1) is 6.26 Å². The predicted molar refractivity (Wildman–Crippen MR) is 86.6 cm³/mol. The lowest BCUT2D eigenvalue weighted by Crippen LogP contribution is -1.78. The van der Waals surface area contributed by atoms with Crippen LogP contribution in [0.3, 0.4) is 0 Å². The van der Waals surface area contributed by atoms with Crippen LogP contribution in [0.15, 0.2) is 24.5 Å². The van der Waals surface area contributed by atoms with Crippen molar-refractivity contribution < 1.29 is 5.11 Å². The Labute approximate surface area is 120 Å². The van der Waals surface area contributed by atoms with Crippen LogP contribution in [0.2, 0.25) is 0 Å². The summed E-state index contributed by atoms with van der Waals surface area (Å²) in [7, 11) is 0. The summed E-state index contributed by atoms with van der Waals surface area (Å²) in [5, 5.41) is 8.48. The lowest BCUT2D eigenvalue weighted by Gasteiger charge is -1.98. The number of hydrogen-bond acceptors (Lipinski definition) is 1. The van der Waals surface area contributed by atoms with E-state index in [1.54, 1.807) is 0 Å². The second kappa shape index (κ2) is 17.3.